The lowest BCUT2D eigenvalue weighted by Crippen LogP contribution is -2.08. The maximum absolute atomic E-state index is 4.43. The zero-order valence-electron chi connectivity index (χ0n) is 9.51. The molecule has 0 saturated carbocycles. The number of nitrogens with zero attached hydrogens (tertiary/aromatic N) is 4. The highest BCUT2D eigenvalue weighted by atomic mass is 15.3. The van der Waals surface area contributed by atoms with Gasteiger partial charge < -0.3 is 5.32 Å². The van der Waals surface area contributed by atoms with Crippen LogP contribution in [-0.2, 0) is 0 Å². The first-order chi connectivity index (χ1) is 7.81. The topological polar surface area (TPSA) is 55.6 Å². The lowest BCUT2D eigenvalue weighted by Gasteiger charge is -2.07. The van der Waals surface area contributed by atoms with Crippen LogP contribution in [0.25, 0.3) is 5.82 Å². The van der Waals surface area contributed by atoms with E-state index in [4.69, 9.17) is 0 Å². The maximum atomic E-state index is 4.43. The monoisotopic (exact) mass is 217 g/mol. The molecule has 5 heteroatoms. The summed E-state index contributed by atoms with van der Waals surface area (Å²) in [7, 11) is 0. The van der Waals surface area contributed by atoms with Crippen LogP contribution in [0, 0.1) is 6.92 Å². The van der Waals surface area contributed by atoms with Crippen LogP contribution in [0.4, 0.5) is 5.95 Å². The van der Waals surface area contributed by atoms with E-state index in [9.17, 15) is 0 Å². The molecular formula is C11H15N5. The summed E-state index contributed by atoms with van der Waals surface area (Å²) in [4.78, 5) is 8.65. The summed E-state index contributed by atoms with van der Waals surface area (Å²) in [6, 6.07) is 1.88. The number of hydrogen-bond donors (Lipinski definition) is 1. The van der Waals surface area contributed by atoms with E-state index < -0.39 is 0 Å². The van der Waals surface area contributed by atoms with Crippen molar-refractivity contribution in [1.29, 1.82) is 0 Å². The Balaban J connectivity index is 2.30. The quantitative estimate of drug-likeness (QED) is 0.848. The molecule has 0 fully saturated rings. The summed E-state index contributed by atoms with van der Waals surface area (Å²) < 4.78 is 1.74. The van der Waals surface area contributed by atoms with Crippen molar-refractivity contribution >= 4 is 5.95 Å². The average Bonchev–Trinajstić information content (AvgIpc) is 2.81. The Morgan fingerprint density at radius 2 is 2.31 bits per heavy atom. The highest BCUT2D eigenvalue weighted by Crippen LogP contribution is 2.10. The van der Waals surface area contributed by atoms with Gasteiger partial charge in [-0.2, -0.15) is 10.1 Å². The smallest absolute Gasteiger partial charge is 0.224 e. The molecule has 0 unspecified atom stereocenters. The van der Waals surface area contributed by atoms with Gasteiger partial charge in [-0.05, 0) is 19.4 Å². The second-order valence-corrected chi connectivity index (χ2v) is 3.58. The number of rotatable bonds is 4. The van der Waals surface area contributed by atoms with E-state index in [1.54, 1.807) is 10.9 Å². The van der Waals surface area contributed by atoms with Gasteiger partial charge in [-0.15, -0.1) is 0 Å². The summed E-state index contributed by atoms with van der Waals surface area (Å²) >= 11 is 0. The highest BCUT2D eigenvalue weighted by molar-refractivity contribution is 5.37. The molecule has 2 aromatic heterocycles. The van der Waals surface area contributed by atoms with Gasteiger partial charge in [0.2, 0.25) is 5.95 Å². The van der Waals surface area contributed by atoms with Gasteiger partial charge in [0, 0.05) is 30.7 Å². The van der Waals surface area contributed by atoms with E-state index in [-0.39, 0.29) is 0 Å². The summed E-state index contributed by atoms with van der Waals surface area (Å²) in [6.45, 7) is 4.96. The van der Waals surface area contributed by atoms with Gasteiger partial charge in [0.05, 0.1) is 0 Å². The molecule has 0 radical (unpaired) electrons. The molecule has 2 rings (SSSR count). The molecular weight excluding hydrogens is 202 g/mol. The van der Waals surface area contributed by atoms with Crippen LogP contribution >= 0.6 is 0 Å². The van der Waals surface area contributed by atoms with Crippen LogP contribution in [0.15, 0.2) is 24.7 Å². The third-order valence-corrected chi connectivity index (χ3v) is 2.20. The normalized spacial score (nSPS) is 10.4. The number of hydrogen-bond acceptors (Lipinski definition) is 4. The predicted molar refractivity (Wildman–Crippen MR) is 62.7 cm³/mol. The predicted octanol–water partition coefficient (Wildman–Crippen LogP) is 1.79. The van der Waals surface area contributed by atoms with E-state index in [2.05, 4.69) is 27.3 Å². The van der Waals surface area contributed by atoms with Crippen LogP contribution in [0.1, 0.15) is 18.9 Å². The van der Waals surface area contributed by atoms with Crippen LogP contribution in [0.2, 0.25) is 0 Å². The maximum Gasteiger partial charge on any atom is 0.224 e. The second kappa shape index (κ2) is 4.74. The van der Waals surface area contributed by atoms with E-state index in [0.29, 0.717) is 5.95 Å². The van der Waals surface area contributed by atoms with Gasteiger partial charge in [-0.25, -0.2) is 9.67 Å². The highest BCUT2D eigenvalue weighted by Gasteiger charge is 2.05. The van der Waals surface area contributed by atoms with Crippen LogP contribution in [0.3, 0.4) is 0 Å². The van der Waals surface area contributed by atoms with Crippen molar-refractivity contribution in [3.05, 3.63) is 30.2 Å². The molecule has 0 amide bonds. The molecule has 16 heavy (non-hydrogen) atoms. The fourth-order valence-corrected chi connectivity index (χ4v) is 1.38. The number of anilines is 1. The minimum Gasteiger partial charge on any atom is -0.354 e. The van der Waals surface area contributed by atoms with E-state index >= 15 is 0 Å². The van der Waals surface area contributed by atoms with Crippen LogP contribution < -0.4 is 5.32 Å². The van der Waals surface area contributed by atoms with Gasteiger partial charge in [0.15, 0.2) is 5.82 Å². The standard InChI is InChI=1S/C11H15N5/c1-3-5-12-11-13-8-9(2)10(15-11)16-7-4-6-14-16/h4,6-8H,3,5H2,1-2H3,(H,12,13,15). The van der Waals surface area contributed by atoms with Gasteiger partial charge >= 0.3 is 0 Å². The van der Waals surface area contributed by atoms with Crippen molar-refractivity contribution in [2.75, 3.05) is 11.9 Å². The van der Waals surface area contributed by atoms with E-state index in [1.165, 1.54) is 0 Å². The molecule has 5 nitrogen and oxygen atoms in total. The van der Waals surface area contributed by atoms with Gasteiger partial charge in [-0.3, -0.25) is 0 Å². The fraction of sp³-hybridized carbons (Fsp3) is 0.364. The van der Waals surface area contributed by atoms with Gasteiger partial charge in [0.1, 0.15) is 0 Å². The number of aryl methyl sites for hydroxylation is 1. The lowest BCUT2D eigenvalue weighted by molar-refractivity contribution is 0.826. The van der Waals surface area contributed by atoms with Crippen molar-refractivity contribution in [2.45, 2.75) is 20.3 Å². The van der Waals surface area contributed by atoms with Gasteiger partial charge in [0.25, 0.3) is 0 Å². The Morgan fingerprint density at radius 3 is 3.00 bits per heavy atom. The molecule has 0 aromatic carbocycles. The summed E-state index contributed by atoms with van der Waals surface area (Å²) in [5, 5.41) is 7.33. The molecule has 0 saturated heterocycles. The van der Waals surface area contributed by atoms with E-state index in [0.717, 1.165) is 24.3 Å². The first kappa shape index (κ1) is 10.6. The SMILES string of the molecule is CCCNc1ncc(C)c(-n2cccn2)n1. The Morgan fingerprint density at radius 1 is 1.44 bits per heavy atom. The van der Waals surface area contributed by atoms with Crippen LogP contribution in [0.5, 0.6) is 0 Å². The van der Waals surface area contributed by atoms with Crippen molar-refractivity contribution in [3.63, 3.8) is 0 Å². The Hall–Kier alpha value is -1.91. The number of nitrogens with one attached hydrogen (secondary N) is 1. The second-order valence-electron chi connectivity index (χ2n) is 3.58. The Bertz CT molecular complexity index is 449. The summed E-state index contributed by atoms with van der Waals surface area (Å²) in [5.74, 6) is 1.47. The molecule has 1 N–H and O–H groups in total. The summed E-state index contributed by atoms with van der Waals surface area (Å²) in [5.41, 5.74) is 1.01. The minimum absolute atomic E-state index is 0.651. The van der Waals surface area contributed by atoms with Crippen molar-refractivity contribution in [3.8, 4) is 5.82 Å². The molecule has 0 spiro atoms. The molecule has 2 aromatic rings. The first-order valence-corrected chi connectivity index (χ1v) is 5.39. The number of aromatic nitrogens is 4. The largest absolute Gasteiger partial charge is 0.354 e. The summed E-state index contributed by atoms with van der Waals surface area (Å²) in [6.07, 6.45) is 6.47. The minimum atomic E-state index is 0.651. The third-order valence-electron chi connectivity index (χ3n) is 2.20. The van der Waals surface area contributed by atoms with Crippen molar-refractivity contribution in [2.24, 2.45) is 0 Å². The molecule has 0 atom stereocenters. The molecule has 2 heterocycles. The molecule has 84 valence electrons. The average molecular weight is 217 g/mol. The Kier molecular flexibility index (Phi) is 3.14. The zero-order chi connectivity index (χ0) is 11.4. The molecule has 0 aliphatic rings. The van der Waals surface area contributed by atoms with E-state index in [1.807, 2.05) is 25.4 Å². The van der Waals surface area contributed by atoms with Crippen LogP contribution in [-0.4, -0.2) is 26.3 Å². The Labute approximate surface area is 94.5 Å². The van der Waals surface area contributed by atoms with Crippen molar-refractivity contribution in [1.82, 2.24) is 19.7 Å². The molecule has 0 aliphatic carbocycles. The molecule has 0 bridgehead atoms. The zero-order valence-corrected chi connectivity index (χ0v) is 9.51. The third kappa shape index (κ3) is 2.18. The van der Waals surface area contributed by atoms with Gasteiger partial charge in [-0.1, -0.05) is 6.92 Å². The van der Waals surface area contributed by atoms with Crippen molar-refractivity contribution < 1.29 is 0 Å². The first-order valence-electron chi connectivity index (χ1n) is 5.39. The fourth-order valence-electron chi connectivity index (χ4n) is 1.38. The molecule has 0 aliphatic heterocycles. The lowest BCUT2D eigenvalue weighted by atomic mass is 10.3.